The number of hydrogen-bond acceptors (Lipinski definition) is 4. The highest BCUT2D eigenvalue weighted by molar-refractivity contribution is 5.46. The number of ether oxygens (including phenoxy) is 2. The van der Waals surface area contributed by atoms with E-state index >= 15 is 0 Å². The van der Waals surface area contributed by atoms with Gasteiger partial charge < -0.3 is 15.2 Å². The highest BCUT2D eigenvalue weighted by Crippen LogP contribution is 2.34. The average Bonchev–Trinajstić information content (AvgIpc) is 2.96. The van der Waals surface area contributed by atoms with Crippen LogP contribution in [-0.4, -0.2) is 23.0 Å². The predicted octanol–water partition coefficient (Wildman–Crippen LogP) is 4.01. The van der Waals surface area contributed by atoms with Crippen LogP contribution in [0.2, 0.25) is 0 Å². The van der Waals surface area contributed by atoms with Crippen molar-refractivity contribution < 1.29 is 18.3 Å². The van der Waals surface area contributed by atoms with Gasteiger partial charge in [0.2, 0.25) is 0 Å². The van der Waals surface area contributed by atoms with Crippen LogP contribution in [0, 0.1) is 5.92 Å². The molecular formula is C18H23F2N3O2. The number of alkyl halides is 2. The lowest BCUT2D eigenvalue weighted by molar-refractivity contribution is -0.0529. The summed E-state index contributed by atoms with van der Waals surface area (Å²) in [6.45, 7) is -1.55. The monoisotopic (exact) mass is 351 g/mol. The Bertz CT molecular complexity index is 656. The van der Waals surface area contributed by atoms with Gasteiger partial charge in [0, 0.05) is 6.61 Å². The first-order valence-corrected chi connectivity index (χ1v) is 8.53. The van der Waals surface area contributed by atoms with Crippen LogP contribution < -0.4 is 10.5 Å². The quantitative estimate of drug-likeness (QED) is 0.818. The number of nitrogens with two attached hydrogens (primary N) is 1. The molecule has 1 aliphatic rings. The van der Waals surface area contributed by atoms with E-state index in [-0.39, 0.29) is 17.6 Å². The zero-order valence-electron chi connectivity index (χ0n) is 14.0. The maximum absolute atomic E-state index is 12.3. The van der Waals surface area contributed by atoms with Crippen LogP contribution in [-0.2, 0) is 11.3 Å². The zero-order chi connectivity index (χ0) is 17.6. The molecule has 0 saturated heterocycles. The average molecular weight is 351 g/mol. The van der Waals surface area contributed by atoms with Gasteiger partial charge in [-0.2, -0.15) is 8.78 Å². The summed E-state index contributed by atoms with van der Waals surface area (Å²) in [7, 11) is 0. The summed E-state index contributed by atoms with van der Waals surface area (Å²) in [6.07, 6.45) is 5.46. The van der Waals surface area contributed by atoms with Gasteiger partial charge in [0.05, 0.1) is 18.8 Å². The maximum atomic E-state index is 12.3. The van der Waals surface area contributed by atoms with Crippen molar-refractivity contribution in [3.05, 3.63) is 42.1 Å². The molecule has 0 bridgehead atoms. The Morgan fingerprint density at radius 2 is 1.88 bits per heavy atom. The SMILES string of the molecule is Nc1cn(C2CCC(COCc3ccccc3)CC2)nc1OC(F)F. The number of halogens is 2. The largest absolute Gasteiger partial charge is 0.413 e. The fourth-order valence-corrected chi connectivity index (χ4v) is 3.25. The van der Waals surface area contributed by atoms with Gasteiger partial charge in [-0.3, -0.25) is 4.68 Å². The predicted molar refractivity (Wildman–Crippen MR) is 90.4 cm³/mol. The second kappa shape index (κ2) is 8.29. The van der Waals surface area contributed by atoms with Gasteiger partial charge >= 0.3 is 6.61 Å². The van der Waals surface area contributed by atoms with Crippen molar-refractivity contribution in [1.29, 1.82) is 0 Å². The molecule has 1 aromatic heterocycles. The summed E-state index contributed by atoms with van der Waals surface area (Å²) in [5, 5.41) is 4.06. The minimum atomic E-state index is -2.91. The smallest absolute Gasteiger partial charge is 0.388 e. The molecule has 2 N–H and O–H groups in total. The third-order valence-corrected chi connectivity index (χ3v) is 4.58. The molecule has 2 aromatic rings. The number of hydrogen-bond donors (Lipinski definition) is 1. The van der Waals surface area contributed by atoms with Crippen molar-refractivity contribution in [2.45, 2.75) is 44.9 Å². The Kier molecular flexibility index (Phi) is 5.86. The van der Waals surface area contributed by atoms with Crippen LogP contribution in [0.25, 0.3) is 0 Å². The lowest BCUT2D eigenvalue weighted by atomic mass is 9.86. The molecule has 1 saturated carbocycles. The lowest BCUT2D eigenvalue weighted by Crippen LogP contribution is -2.21. The molecule has 0 radical (unpaired) electrons. The Morgan fingerprint density at radius 1 is 1.16 bits per heavy atom. The standard InChI is InChI=1S/C18H23F2N3O2/c19-18(20)25-17-16(21)10-23(22-17)15-8-6-14(7-9-15)12-24-11-13-4-2-1-3-5-13/h1-5,10,14-15,18H,6-9,11-12,21H2. The summed E-state index contributed by atoms with van der Waals surface area (Å²) in [6, 6.07) is 10.3. The first-order chi connectivity index (χ1) is 12.1. The van der Waals surface area contributed by atoms with Crippen molar-refractivity contribution >= 4 is 5.69 Å². The van der Waals surface area contributed by atoms with E-state index in [1.807, 2.05) is 18.2 Å². The normalized spacial score (nSPS) is 20.8. The van der Waals surface area contributed by atoms with E-state index in [0.29, 0.717) is 12.5 Å². The molecule has 7 heteroatoms. The molecule has 136 valence electrons. The van der Waals surface area contributed by atoms with Crippen LogP contribution in [0.15, 0.2) is 36.5 Å². The number of aromatic nitrogens is 2. The van der Waals surface area contributed by atoms with Gasteiger partial charge in [0.1, 0.15) is 5.69 Å². The van der Waals surface area contributed by atoms with E-state index in [0.717, 1.165) is 32.3 Å². The van der Waals surface area contributed by atoms with Crippen molar-refractivity contribution in [2.75, 3.05) is 12.3 Å². The molecule has 0 aliphatic heterocycles. The van der Waals surface area contributed by atoms with Crippen molar-refractivity contribution in [1.82, 2.24) is 9.78 Å². The Morgan fingerprint density at radius 3 is 2.56 bits per heavy atom. The van der Waals surface area contributed by atoms with Crippen LogP contribution in [0.1, 0.15) is 37.3 Å². The molecule has 0 atom stereocenters. The van der Waals surface area contributed by atoms with Gasteiger partial charge in [-0.1, -0.05) is 30.3 Å². The van der Waals surface area contributed by atoms with E-state index in [2.05, 4.69) is 22.0 Å². The van der Waals surface area contributed by atoms with Crippen LogP contribution in [0.5, 0.6) is 5.88 Å². The highest BCUT2D eigenvalue weighted by Gasteiger charge is 2.24. The zero-order valence-corrected chi connectivity index (χ0v) is 14.0. The molecule has 3 rings (SSSR count). The molecule has 1 aliphatic carbocycles. The van der Waals surface area contributed by atoms with Crippen LogP contribution >= 0.6 is 0 Å². The molecule has 25 heavy (non-hydrogen) atoms. The maximum Gasteiger partial charge on any atom is 0.388 e. The summed E-state index contributed by atoms with van der Waals surface area (Å²) in [5.74, 6) is 0.327. The van der Waals surface area contributed by atoms with Crippen molar-refractivity contribution in [3.8, 4) is 5.88 Å². The molecule has 1 heterocycles. The third kappa shape index (κ3) is 4.92. The fraction of sp³-hybridized carbons (Fsp3) is 0.500. The molecular weight excluding hydrogens is 328 g/mol. The molecule has 0 amide bonds. The first kappa shape index (κ1) is 17.7. The minimum absolute atomic E-state index is 0.147. The van der Waals surface area contributed by atoms with Crippen LogP contribution in [0.4, 0.5) is 14.5 Å². The van der Waals surface area contributed by atoms with Crippen LogP contribution in [0.3, 0.4) is 0 Å². The number of nitrogens with zero attached hydrogens (tertiary/aromatic N) is 2. The summed E-state index contributed by atoms with van der Waals surface area (Å²) < 4.78 is 36.4. The molecule has 5 nitrogen and oxygen atoms in total. The van der Waals surface area contributed by atoms with E-state index < -0.39 is 6.61 Å². The number of rotatable bonds is 7. The topological polar surface area (TPSA) is 62.3 Å². The van der Waals surface area contributed by atoms with Gasteiger partial charge in [-0.15, -0.1) is 5.10 Å². The summed E-state index contributed by atoms with van der Waals surface area (Å²) in [5.41, 5.74) is 7.01. The second-order valence-corrected chi connectivity index (χ2v) is 6.42. The fourth-order valence-electron chi connectivity index (χ4n) is 3.25. The first-order valence-electron chi connectivity index (χ1n) is 8.53. The molecule has 1 aromatic carbocycles. The summed E-state index contributed by atoms with van der Waals surface area (Å²) >= 11 is 0. The summed E-state index contributed by atoms with van der Waals surface area (Å²) in [4.78, 5) is 0. The molecule has 0 spiro atoms. The van der Waals surface area contributed by atoms with Gasteiger partial charge in [0.15, 0.2) is 0 Å². The number of anilines is 1. The Labute approximate surface area is 145 Å². The Balaban J connectivity index is 1.44. The second-order valence-electron chi connectivity index (χ2n) is 6.42. The van der Waals surface area contributed by atoms with Gasteiger partial charge in [-0.25, -0.2) is 0 Å². The molecule has 1 fully saturated rings. The Hall–Kier alpha value is -2.15. The van der Waals surface area contributed by atoms with Crippen molar-refractivity contribution in [2.24, 2.45) is 5.92 Å². The van der Waals surface area contributed by atoms with Crippen molar-refractivity contribution in [3.63, 3.8) is 0 Å². The van der Waals surface area contributed by atoms with E-state index in [9.17, 15) is 8.78 Å². The third-order valence-electron chi connectivity index (χ3n) is 4.58. The number of nitrogen functional groups attached to an aromatic ring is 1. The van der Waals surface area contributed by atoms with E-state index in [1.165, 1.54) is 5.56 Å². The number of benzene rings is 1. The van der Waals surface area contributed by atoms with Gasteiger partial charge in [0.25, 0.3) is 5.88 Å². The highest BCUT2D eigenvalue weighted by atomic mass is 19.3. The lowest BCUT2D eigenvalue weighted by Gasteiger charge is -2.28. The van der Waals surface area contributed by atoms with Gasteiger partial charge in [-0.05, 0) is 37.2 Å². The van der Waals surface area contributed by atoms with E-state index in [1.54, 1.807) is 10.9 Å². The molecule has 0 unspecified atom stereocenters. The van der Waals surface area contributed by atoms with E-state index in [4.69, 9.17) is 10.5 Å². The minimum Gasteiger partial charge on any atom is -0.413 e.